The lowest BCUT2D eigenvalue weighted by Gasteiger charge is -2.10. The summed E-state index contributed by atoms with van der Waals surface area (Å²) in [7, 11) is 2.15. The van der Waals surface area contributed by atoms with Crippen molar-refractivity contribution in [3.05, 3.63) is 88.4 Å². The lowest BCUT2D eigenvalue weighted by molar-refractivity contribution is 0.833. The van der Waals surface area contributed by atoms with Crippen LogP contribution in [0.4, 0.5) is 0 Å². The summed E-state index contributed by atoms with van der Waals surface area (Å²) in [6, 6.07) is 27.7. The molecule has 0 aliphatic heterocycles. The van der Waals surface area contributed by atoms with Crippen molar-refractivity contribution in [1.29, 1.82) is 0 Å². The molecule has 0 amide bonds. The molecule has 4 heteroatoms. The second-order valence-electron chi connectivity index (χ2n) is 6.69. The molecule has 5 aromatic rings. The minimum Gasteiger partial charge on any atom is -0.343 e. The summed E-state index contributed by atoms with van der Waals surface area (Å²) in [6.07, 6.45) is 0. The highest BCUT2D eigenvalue weighted by atomic mass is 32.1. The first-order valence-electron chi connectivity index (χ1n) is 8.94. The molecule has 3 aromatic carbocycles. The van der Waals surface area contributed by atoms with Crippen molar-refractivity contribution in [3.63, 3.8) is 0 Å². The zero-order valence-corrected chi connectivity index (χ0v) is 16.6. The van der Waals surface area contributed by atoms with Crippen LogP contribution in [0.15, 0.2) is 78.9 Å². The van der Waals surface area contributed by atoms with Crippen LogP contribution in [0.2, 0.25) is 0 Å². The van der Waals surface area contributed by atoms with Crippen LogP contribution in [0, 0.1) is 3.95 Å². The molecule has 2 heterocycles. The molecule has 5 rings (SSSR count). The van der Waals surface area contributed by atoms with Gasteiger partial charge in [-0.25, -0.2) is 0 Å². The molecular weight excluding hydrogens is 368 g/mol. The smallest absolute Gasteiger partial charge is 0.162 e. The van der Waals surface area contributed by atoms with Gasteiger partial charge in [0, 0.05) is 23.5 Å². The van der Waals surface area contributed by atoms with E-state index in [1.807, 2.05) is 0 Å². The zero-order valence-electron chi connectivity index (χ0n) is 14.9. The average Bonchev–Trinajstić information content (AvgIpc) is 3.17. The van der Waals surface area contributed by atoms with E-state index in [4.69, 9.17) is 12.2 Å². The fourth-order valence-electron chi connectivity index (χ4n) is 3.92. The maximum Gasteiger partial charge on any atom is 0.162 e. The number of fused-ring (bicyclic) bond motifs is 2. The SMILES string of the molecule is Cn1c(-c2ccccc2)c(Cn2c(=S)sc3ccccc32)c2ccccc21. The van der Waals surface area contributed by atoms with E-state index in [1.165, 1.54) is 37.9 Å². The van der Waals surface area contributed by atoms with Gasteiger partial charge in [-0.1, -0.05) is 60.7 Å². The van der Waals surface area contributed by atoms with Crippen LogP contribution in [-0.4, -0.2) is 9.13 Å². The van der Waals surface area contributed by atoms with Crippen molar-refractivity contribution in [2.45, 2.75) is 6.54 Å². The van der Waals surface area contributed by atoms with Crippen molar-refractivity contribution in [2.24, 2.45) is 7.05 Å². The maximum atomic E-state index is 5.72. The van der Waals surface area contributed by atoms with Gasteiger partial charge in [-0.3, -0.25) is 0 Å². The van der Waals surface area contributed by atoms with Gasteiger partial charge in [-0.05, 0) is 36.0 Å². The number of hydrogen-bond acceptors (Lipinski definition) is 2. The Morgan fingerprint density at radius 2 is 1.48 bits per heavy atom. The zero-order chi connectivity index (χ0) is 18.4. The van der Waals surface area contributed by atoms with Crippen LogP contribution in [0.25, 0.3) is 32.4 Å². The van der Waals surface area contributed by atoms with Crippen molar-refractivity contribution < 1.29 is 0 Å². The summed E-state index contributed by atoms with van der Waals surface area (Å²) in [5.41, 5.74) is 6.27. The number of para-hydroxylation sites is 2. The largest absolute Gasteiger partial charge is 0.343 e. The summed E-state index contributed by atoms with van der Waals surface area (Å²) in [5, 5.41) is 1.29. The van der Waals surface area contributed by atoms with E-state index in [9.17, 15) is 0 Å². The predicted molar refractivity (Wildman–Crippen MR) is 118 cm³/mol. The van der Waals surface area contributed by atoms with Gasteiger partial charge >= 0.3 is 0 Å². The molecule has 2 nitrogen and oxygen atoms in total. The molecule has 0 N–H and O–H groups in total. The number of nitrogens with zero attached hydrogens (tertiary/aromatic N) is 2. The van der Waals surface area contributed by atoms with Gasteiger partial charge in [0.1, 0.15) is 0 Å². The number of benzene rings is 3. The van der Waals surface area contributed by atoms with Gasteiger partial charge in [-0.15, -0.1) is 11.3 Å². The van der Waals surface area contributed by atoms with Crippen LogP contribution < -0.4 is 0 Å². The fraction of sp³-hybridized carbons (Fsp3) is 0.0870. The molecule has 0 radical (unpaired) electrons. The van der Waals surface area contributed by atoms with Gasteiger partial charge in [0.25, 0.3) is 0 Å². The molecule has 132 valence electrons. The van der Waals surface area contributed by atoms with E-state index in [0.29, 0.717) is 0 Å². The predicted octanol–water partition coefficient (Wildman–Crippen LogP) is 6.64. The monoisotopic (exact) mass is 386 g/mol. The minimum absolute atomic E-state index is 0.772. The number of thiazole rings is 1. The Kier molecular flexibility index (Phi) is 3.96. The first-order chi connectivity index (χ1) is 13.2. The highest BCUT2D eigenvalue weighted by Crippen LogP contribution is 2.35. The second-order valence-corrected chi connectivity index (χ2v) is 8.37. The molecule has 2 aromatic heterocycles. The summed E-state index contributed by atoms with van der Waals surface area (Å²) >= 11 is 7.40. The van der Waals surface area contributed by atoms with Crippen LogP contribution in [0.1, 0.15) is 5.56 Å². The molecule has 0 saturated carbocycles. The number of rotatable bonds is 3. The minimum atomic E-state index is 0.772. The molecule has 0 spiro atoms. The van der Waals surface area contributed by atoms with E-state index in [2.05, 4.69) is 95.0 Å². The van der Waals surface area contributed by atoms with E-state index in [-0.39, 0.29) is 0 Å². The lowest BCUT2D eigenvalue weighted by atomic mass is 10.0. The molecule has 0 unspecified atom stereocenters. The average molecular weight is 387 g/mol. The third-order valence-corrected chi connectivity index (χ3v) is 6.58. The molecular formula is C23H18N2S2. The lowest BCUT2D eigenvalue weighted by Crippen LogP contribution is -2.01. The Morgan fingerprint density at radius 3 is 2.30 bits per heavy atom. The molecule has 0 fully saturated rings. The molecule has 27 heavy (non-hydrogen) atoms. The Balaban J connectivity index is 1.80. The van der Waals surface area contributed by atoms with E-state index in [0.717, 1.165) is 10.5 Å². The molecule has 0 bridgehead atoms. The van der Waals surface area contributed by atoms with E-state index in [1.54, 1.807) is 11.3 Å². The number of hydrogen-bond donors (Lipinski definition) is 0. The quantitative estimate of drug-likeness (QED) is 0.316. The maximum absolute atomic E-state index is 5.72. The van der Waals surface area contributed by atoms with Gasteiger partial charge in [0.15, 0.2) is 3.95 Å². The Hall–Kier alpha value is -2.69. The molecule has 0 aliphatic rings. The third kappa shape index (κ3) is 2.64. The number of aryl methyl sites for hydroxylation is 1. The van der Waals surface area contributed by atoms with Gasteiger partial charge in [0.2, 0.25) is 0 Å². The summed E-state index contributed by atoms with van der Waals surface area (Å²) in [6.45, 7) is 0.772. The summed E-state index contributed by atoms with van der Waals surface area (Å²) in [5.74, 6) is 0. The Morgan fingerprint density at radius 1 is 0.815 bits per heavy atom. The first-order valence-corrected chi connectivity index (χ1v) is 10.2. The van der Waals surface area contributed by atoms with E-state index < -0.39 is 0 Å². The van der Waals surface area contributed by atoms with Crippen LogP contribution >= 0.6 is 23.6 Å². The second kappa shape index (κ2) is 6.48. The molecule has 0 atom stereocenters. The summed E-state index contributed by atoms with van der Waals surface area (Å²) < 4.78 is 6.73. The van der Waals surface area contributed by atoms with Crippen molar-refractivity contribution in [2.75, 3.05) is 0 Å². The van der Waals surface area contributed by atoms with Crippen LogP contribution in [-0.2, 0) is 13.6 Å². The topological polar surface area (TPSA) is 9.86 Å². The Labute approximate surface area is 166 Å². The van der Waals surface area contributed by atoms with Crippen molar-refractivity contribution >= 4 is 44.7 Å². The van der Waals surface area contributed by atoms with Crippen LogP contribution in [0.5, 0.6) is 0 Å². The standard InChI is InChI=1S/C23H18N2S2/c1-24-19-12-6-5-11-17(19)18(22(24)16-9-3-2-4-10-16)15-25-20-13-7-8-14-21(20)27-23(25)26/h2-14H,15H2,1H3. The van der Waals surface area contributed by atoms with Crippen molar-refractivity contribution in [3.8, 4) is 11.3 Å². The number of aromatic nitrogens is 2. The normalized spacial score (nSPS) is 11.4. The van der Waals surface area contributed by atoms with Crippen molar-refractivity contribution in [1.82, 2.24) is 9.13 Å². The third-order valence-electron chi connectivity index (χ3n) is 5.15. The summed E-state index contributed by atoms with van der Waals surface area (Å²) in [4.78, 5) is 0. The van der Waals surface area contributed by atoms with Gasteiger partial charge in [0.05, 0.1) is 22.5 Å². The fourth-order valence-corrected chi connectivity index (χ4v) is 5.24. The Bertz CT molecular complexity index is 1320. The first kappa shape index (κ1) is 16.5. The van der Waals surface area contributed by atoms with Gasteiger partial charge in [-0.2, -0.15) is 0 Å². The van der Waals surface area contributed by atoms with Crippen LogP contribution in [0.3, 0.4) is 0 Å². The molecule has 0 aliphatic carbocycles. The van der Waals surface area contributed by atoms with E-state index >= 15 is 0 Å². The highest BCUT2D eigenvalue weighted by Gasteiger charge is 2.18. The highest BCUT2D eigenvalue weighted by molar-refractivity contribution is 7.73. The van der Waals surface area contributed by atoms with Gasteiger partial charge < -0.3 is 9.13 Å². The molecule has 0 saturated heterocycles.